The van der Waals surface area contributed by atoms with E-state index in [9.17, 15) is 19.2 Å². The molecule has 8 nitrogen and oxygen atoms in total. The van der Waals surface area contributed by atoms with Gasteiger partial charge < -0.3 is 18.9 Å². The maximum atomic E-state index is 12.4. The predicted molar refractivity (Wildman–Crippen MR) is 75.9 cm³/mol. The normalized spacial score (nSPS) is 18.0. The molecule has 0 unspecified atom stereocenters. The van der Waals surface area contributed by atoms with E-state index in [1.54, 1.807) is 0 Å². The fourth-order valence-electron chi connectivity index (χ4n) is 3.40. The van der Waals surface area contributed by atoms with Gasteiger partial charge in [-0.25, -0.2) is 0 Å². The second-order valence-corrected chi connectivity index (χ2v) is 5.76. The molecule has 1 aliphatic rings. The molecule has 1 rings (SSSR count). The highest BCUT2D eigenvalue weighted by Crippen LogP contribution is 2.73. The lowest BCUT2D eigenvalue weighted by Gasteiger charge is -2.18. The van der Waals surface area contributed by atoms with Crippen LogP contribution < -0.4 is 0 Å². The molecule has 1 fully saturated rings. The zero-order chi connectivity index (χ0) is 18.0. The molecule has 1 saturated carbocycles. The highest BCUT2D eigenvalue weighted by molar-refractivity contribution is 6.21. The Morgan fingerprint density at radius 3 is 1.17 bits per heavy atom. The summed E-state index contributed by atoms with van der Waals surface area (Å²) < 4.78 is 18.8. The Morgan fingerprint density at radius 2 is 1.00 bits per heavy atom. The first-order valence-corrected chi connectivity index (χ1v) is 7.06. The maximum absolute atomic E-state index is 12.4. The minimum Gasteiger partial charge on any atom is -0.468 e. The van der Waals surface area contributed by atoms with Crippen molar-refractivity contribution in [3.05, 3.63) is 0 Å². The summed E-state index contributed by atoms with van der Waals surface area (Å²) >= 11 is 0. The van der Waals surface area contributed by atoms with Gasteiger partial charge in [-0.15, -0.1) is 0 Å². The van der Waals surface area contributed by atoms with Gasteiger partial charge in [0.1, 0.15) is 0 Å². The van der Waals surface area contributed by atoms with Crippen LogP contribution in [0.5, 0.6) is 0 Å². The lowest BCUT2D eigenvalue weighted by molar-refractivity contribution is -0.176. The van der Waals surface area contributed by atoms with E-state index in [0.717, 1.165) is 28.4 Å². The van der Waals surface area contributed by atoms with E-state index >= 15 is 0 Å². The molecule has 1 aliphatic carbocycles. The molecule has 0 amide bonds. The summed E-state index contributed by atoms with van der Waals surface area (Å²) in [5.74, 6) is -5.06. The molecule has 130 valence electrons. The third-order valence-electron chi connectivity index (χ3n) is 4.32. The molecule has 0 N–H and O–H groups in total. The molecule has 0 heterocycles. The van der Waals surface area contributed by atoms with Gasteiger partial charge in [-0.3, -0.25) is 19.2 Å². The van der Waals surface area contributed by atoms with Gasteiger partial charge in [0.15, 0.2) is 10.8 Å². The molecular formula is C15H22O8. The Kier molecular flexibility index (Phi) is 5.39. The molecule has 0 bridgehead atoms. The molecule has 0 aliphatic heterocycles. The first-order valence-electron chi connectivity index (χ1n) is 7.06. The van der Waals surface area contributed by atoms with Gasteiger partial charge in [-0.1, -0.05) is 13.8 Å². The summed E-state index contributed by atoms with van der Waals surface area (Å²) in [5.41, 5.74) is -4.19. The van der Waals surface area contributed by atoms with E-state index in [0.29, 0.717) is 0 Å². The topological polar surface area (TPSA) is 105 Å². The number of hydrogen-bond donors (Lipinski definition) is 0. The molecule has 0 saturated heterocycles. The van der Waals surface area contributed by atoms with Crippen LogP contribution in [0.15, 0.2) is 0 Å². The molecular weight excluding hydrogens is 308 g/mol. The van der Waals surface area contributed by atoms with Crippen molar-refractivity contribution in [2.45, 2.75) is 20.3 Å². The Labute approximate surface area is 134 Å². The van der Waals surface area contributed by atoms with Gasteiger partial charge >= 0.3 is 23.9 Å². The number of methoxy groups -OCH3 is 4. The van der Waals surface area contributed by atoms with Crippen LogP contribution in [0, 0.1) is 22.7 Å². The SMILES string of the molecule is COC(=O)C1(C(=O)OC)C(CC(C)C)C1(C(=O)OC)C(=O)OC. The van der Waals surface area contributed by atoms with Gasteiger partial charge in [0.25, 0.3) is 0 Å². The fraction of sp³-hybridized carbons (Fsp3) is 0.733. The third kappa shape index (κ3) is 2.27. The summed E-state index contributed by atoms with van der Waals surface area (Å²) in [6, 6.07) is 0. The number of rotatable bonds is 6. The maximum Gasteiger partial charge on any atom is 0.325 e. The summed E-state index contributed by atoms with van der Waals surface area (Å²) in [6.45, 7) is 3.66. The number of esters is 4. The Hall–Kier alpha value is -2.12. The first kappa shape index (κ1) is 18.9. The van der Waals surface area contributed by atoms with Gasteiger partial charge in [-0.05, 0) is 12.3 Å². The van der Waals surface area contributed by atoms with Crippen LogP contribution >= 0.6 is 0 Å². The van der Waals surface area contributed by atoms with Gasteiger partial charge in [0.05, 0.1) is 28.4 Å². The van der Waals surface area contributed by atoms with Crippen LogP contribution in [0.1, 0.15) is 20.3 Å². The van der Waals surface area contributed by atoms with Crippen molar-refractivity contribution < 1.29 is 38.1 Å². The summed E-state index contributed by atoms with van der Waals surface area (Å²) in [4.78, 5) is 49.6. The molecule has 0 spiro atoms. The van der Waals surface area contributed by atoms with Gasteiger partial charge in [0.2, 0.25) is 0 Å². The molecule has 8 heteroatoms. The fourth-order valence-corrected chi connectivity index (χ4v) is 3.40. The van der Waals surface area contributed by atoms with E-state index in [1.807, 2.05) is 13.8 Å². The minimum atomic E-state index is -2.10. The monoisotopic (exact) mass is 330 g/mol. The van der Waals surface area contributed by atoms with Crippen molar-refractivity contribution in [1.82, 2.24) is 0 Å². The average Bonchev–Trinajstić information content (AvgIpc) is 3.15. The second kappa shape index (κ2) is 6.55. The Morgan fingerprint density at radius 1 is 0.739 bits per heavy atom. The van der Waals surface area contributed by atoms with E-state index in [1.165, 1.54) is 0 Å². The lowest BCUT2D eigenvalue weighted by Crippen LogP contribution is -2.42. The van der Waals surface area contributed by atoms with Crippen molar-refractivity contribution in [2.75, 3.05) is 28.4 Å². The van der Waals surface area contributed by atoms with Crippen molar-refractivity contribution in [2.24, 2.45) is 22.7 Å². The number of carbonyl (C=O) groups is 4. The average molecular weight is 330 g/mol. The Balaban J connectivity index is 3.66. The van der Waals surface area contributed by atoms with Crippen LogP contribution in [-0.4, -0.2) is 52.3 Å². The van der Waals surface area contributed by atoms with Crippen molar-refractivity contribution in [1.29, 1.82) is 0 Å². The molecule has 0 radical (unpaired) electrons. The van der Waals surface area contributed by atoms with Crippen molar-refractivity contribution in [3.8, 4) is 0 Å². The first-order chi connectivity index (χ1) is 10.7. The summed E-state index contributed by atoms with van der Waals surface area (Å²) in [7, 11) is 4.27. The van der Waals surface area contributed by atoms with Gasteiger partial charge in [0, 0.05) is 5.92 Å². The van der Waals surface area contributed by atoms with Crippen LogP contribution in [0.3, 0.4) is 0 Å². The van der Waals surface area contributed by atoms with Crippen LogP contribution in [0.4, 0.5) is 0 Å². The van der Waals surface area contributed by atoms with Crippen LogP contribution in [-0.2, 0) is 38.1 Å². The molecule has 0 aromatic rings. The third-order valence-corrected chi connectivity index (χ3v) is 4.32. The predicted octanol–water partition coefficient (Wildman–Crippen LogP) is 0.327. The van der Waals surface area contributed by atoms with Crippen LogP contribution in [0.2, 0.25) is 0 Å². The number of carbonyl (C=O) groups excluding carboxylic acids is 4. The van der Waals surface area contributed by atoms with Crippen LogP contribution in [0.25, 0.3) is 0 Å². The quantitative estimate of drug-likeness (QED) is 0.390. The number of ether oxygens (including phenoxy) is 4. The summed E-state index contributed by atoms with van der Waals surface area (Å²) in [6.07, 6.45) is 0.231. The van der Waals surface area contributed by atoms with Crippen molar-refractivity contribution >= 4 is 23.9 Å². The zero-order valence-corrected chi connectivity index (χ0v) is 14.1. The molecule has 23 heavy (non-hydrogen) atoms. The summed E-state index contributed by atoms with van der Waals surface area (Å²) in [5, 5.41) is 0. The number of hydrogen-bond acceptors (Lipinski definition) is 8. The van der Waals surface area contributed by atoms with E-state index in [4.69, 9.17) is 18.9 Å². The standard InChI is InChI=1S/C15H22O8/c1-8(2)7-9-14(10(16)20-3,11(17)21-4)15(9,12(18)22-5)13(19)23-6/h8-9H,7H2,1-6H3. The minimum absolute atomic E-state index is 0.00938. The van der Waals surface area contributed by atoms with Crippen molar-refractivity contribution in [3.63, 3.8) is 0 Å². The molecule has 0 aromatic heterocycles. The van der Waals surface area contributed by atoms with E-state index in [-0.39, 0.29) is 12.3 Å². The smallest absolute Gasteiger partial charge is 0.325 e. The largest absolute Gasteiger partial charge is 0.468 e. The zero-order valence-electron chi connectivity index (χ0n) is 14.1. The highest BCUT2D eigenvalue weighted by atomic mass is 16.6. The van der Waals surface area contributed by atoms with Gasteiger partial charge in [-0.2, -0.15) is 0 Å². The van der Waals surface area contributed by atoms with E-state index < -0.39 is 40.6 Å². The van der Waals surface area contributed by atoms with E-state index in [2.05, 4.69) is 0 Å². The lowest BCUT2D eigenvalue weighted by atomic mass is 9.92. The molecule has 0 aromatic carbocycles. The Bertz CT molecular complexity index is 448. The molecule has 0 atom stereocenters. The second-order valence-electron chi connectivity index (χ2n) is 5.76. The highest BCUT2D eigenvalue weighted by Gasteiger charge is 2.94.